The molecule has 1 saturated carbocycles. The van der Waals surface area contributed by atoms with Crippen molar-refractivity contribution in [2.75, 3.05) is 13.2 Å². The molecule has 0 heterocycles. The van der Waals surface area contributed by atoms with Gasteiger partial charge >= 0.3 is 5.97 Å². The third kappa shape index (κ3) is 6.20. The Morgan fingerprint density at radius 2 is 1.91 bits per heavy atom. The molecule has 0 saturated heterocycles. The van der Waals surface area contributed by atoms with Gasteiger partial charge in [-0.05, 0) is 56.8 Å². The molecular weight excluding hydrogens is 280 g/mol. The van der Waals surface area contributed by atoms with Crippen LogP contribution in [0.1, 0.15) is 65.2 Å². The summed E-state index contributed by atoms with van der Waals surface area (Å²) in [4.78, 5) is 21.9. The molecule has 1 aliphatic rings. The number of hydrogen-bond acceptors (Lipinski definition) is 4. The van der Waals surface area contributed by atoms with Gasteiger partial charge in [-0.3, -0.25) is 4.79 Å². The molecule has 1 fully saturated rings. The molecule has 0 aromatic carbocycles. The van der Waals surface area contributed by atoms with Crippen LogP contribution in [0, 0.1) is 11.3 Å². The first kappa shape index (κ1) is 18.7. The van der Waals surface area contributed by atoms with Crippen LogP contribution in [0.2, 0.25) is 0 Å². The van der Waals surface area contributed by atoms with E-state index in [2.05, 4.69) is 13.5 Å². The zero-order chi connectivity index (χ0) is 16.4. The van der Waals surface area contributed by atoms with E-state index in [4.69, 9.17) is 9.47 Å². The topological polar surface area (TPSA) is 52.6 Å². The fourth-order valence-electron chi connectivity index (χ4n) is 3.42. The zero-order valence-corrected chi connectivity index (χ0v) is 14.1. The van der Waals surface area contributed by atoms with Gasteiger partial charge in [-0.15, -0.1) is 0 Å². The third-order valence-corrected chi connectivity index (χ3v) is 4.90. The Hall–Kier alpha value is -1.32. The second-order valence-electron chi connectivity index (χ2n) is 6.62. The quantitative estimate of drug-likeness (QED) is 0.264. The van der Waals surface area contributed by atoms with Gasteiger partial charge in [0, 0.05) is 5.57 Å². The standard InChI is InChI=1S/C18H30O4/c1-4-5-16-6-8-18(9-7-16,10-12-21-14-19)11-13-22-17(20)15(2)3/h14,16H,2,4-13H2,1,3H3. The maximum atomic E-state index is 11.5. The van der Waals surface area contributed by atoms with Gasteiger partial charge in [0.05, 0.1) is 13.2 Å². The van der Waals surface area contributed by atoms with Crippen molar-refractivity contribution in [3.8, 4) is 0 Å². The minimum absolute atomic E-state index is 0.141. The van der Waals surface area contributed by atoms with E-state index in [-0.39, 0.29) is 11.4 Å². The lowest BCUT2D eigenvalue weighted by Crippen LogP contribution is -2.31. The summed E-state index contributed by atoms with van der Waals surface area (Å²) in [7, 11) is 0. The van der Waals surface area contributed by atoms with E-state index < -0.39 is 0 Å². The number of carbonyl (C=O) groups is 2. The second-order valence-corrected chi connectivity index (χ2v) is 6.62. The fraction of sp³-hybridized carbons (Fsp3) is 0.778. The van der Waals surface area contributed by atoms with E-state index in [0.29, 0.717) is 25.3 Å². The van der Waals surface area contributed by atoms with Crippen LogP contribution in [0.5, 0.6) is 0 Å². The molecule has 1 rings (SSSR count). The first-order valence-corrected chi connectivity index (χ1v) is 8.41. The number of carbonyl (C=O) groups excluding carboxylic acids is 2. The highest BCUT2D eigenvalue weighted by atomic mass is 16.5. The summed E-state index contributed by atoms with van der Waals surface area (Å²) in [5.41, 5.74) is 0.577. The van der Waals surface area contributed by atoms with Crippen molar-refractivity contribution in [1.29, 1.82) is 0 Å². The van der Waals surface area contributed by atoms with Gasteiger partial charge in [0.1, 0.15) is 0 Å². The maximum absolute atomic E-state index is 11.5. The Labute approximate surface area is 134 Å². The molecule has 0 aromatic heterocycles. The molecule has 0 amide bonds. The Morgan fingerprint density at radius 1 is 1.27 bits per heavy atom. The summed E-state index contributed by atoms with van der Waals surface area (Å²) < 4.78 is 10.2. The number of esters is 1. The van der Waals surface area contributed by atoms with E-state index in [1.807, 2.05) is 0 Å². The van der Waals surface area contributed by atoms with Crippen LogP contribution >= 0.6 is 0 Å². The number of ether oxygens (including phenoxy) is 2. The lowest BCUT2D eigenvalue weighted by Gasteiger charge is -2.40. The number of rotatable bonds is 10. The fourth-order valence-corrected chi connectivity index (χ4v) is 3.42. The third-order valence-electron chi connectivity index (χ3n) is 4.90. The molecule has 22 heavy (non-hydrogen) atoms. The molecule has 4 heteroatoms. The minimum atomic E-state index is -0.320. The molecule has 0 spiro atoms. The van der Waals surface area contributed by atoms with E-state index in [9.17, 15) is 9.59 Å². The smallest absolute Gasteiger partial charge is 0.333 e. The van der Waals surface area contributed by atoms with Crippen molar-refractivity contribution < 1.29 is 19.1 Å². The van der Waals surface area contributed by atoms with Crippen LogP contribution in [0.4, 0.5) is 0 Å². The van der Waals surface area contributed by atoms with Gasteiger partial charge in [-0.1, -0.05) is 26.3 Å². The molecule has 0 bridgehead atoms. The average Bonchev–Trinajstić information content (AvgIpc) is 2.50. The van der Waals surface area contributed by atoms with Crippen LogP contribution in [-0.4, -0.2) is 25.7 Å². The van der Waals surface area contributed by atoms with Crippen LogP contribution in [0.15, 0.2) is 12.2 Å². The first-order valence-electron chi connectivity index (χ1n) is 8.41. The minimum Gasteiger partial charge on any atom is -0.468 e. The predicted octanol–water partition coefficient (Wildman–Crippen LogP) is 4.04. The number of hydrogen-bond donors (Lipinski definition) is 0. The molecule has 0 unspecified atom stereocenters. The first-order chi connectivity index (χ1) is 10.5. The highest BCUT2D eigenvalue weighted by Crippen LogP contribution is 2.45. The van der Waals surface area contributed by atoms with Gasteiger partial charge < -0.3 is 9.47 Å². The summed E-state index contributed by atoms with van der Waals surface area (Å²) in [6, 6.07) is 0. The van der Waals surface area contributed by atoms with Crippen LogP contribution in [0.3, 0.4) is 0 Å². The highest BCUT2D eigenvalue weighted by Gasteiger charge is 2.35. The van der Waals surface area contributed by atoms with E-state index in [0.717, 1.165) is 31.6 Å². The lowest BCUT2D eigenvalue weighted by molar-refractivity contribution is -0.140. The predicted molar refractivity (Wildman–Crippen MR) is 86.3 cm³/mol. The summed E-state index contributed by atoms with van der Waals surface area (Å²) in [5, 5.41) is 0. The van der Waals surface area contributed by atoms with Gasteiger partial charge in [-0.2, -0.15) is 0 Å². The van der Waals surface area contributed by atoms with Crippen molar-refractivity contribution in [3.05, 3.63) is 12.2 Å². The largest absolute Gasteiger partial charge is 0.468 e. The molecule has 0 atom stereocenters. The zero-order valence-electron chi connectivity index (χ0n) is 14.1. The second kappa shape index (κ2) is 9.65. The van der Waals surface area contributed by atoms with Crippen LogP contribution in [0.25, 0.3) is 0 Å². The van der Waals surface area contributed by atoms with Crippen molar-refractivity contribution in [1.82, 2.24) is 0 Å². The van der Waals surface area contributed by atoms with Crippen molar-refractivity contribution in [2.45, 2.75) is 65.2 Å². The monoisotopic (exact) mass is 310 g/mol. The Balaban J connectivity index is 2.50. The average molecular weight is 310 g/mol. The summed E-state index contributed by atoms with van der Waals surface area (Å²) in [6.07, 6.45) is 8.94. The van der Waals surface area contributed by atoms with E-state index in [1.165, 1.54) is 25.7 Å². The molecule has 4 nitrogen and oxygen atoms in total. The SMILES string of the molecule is C=C(C)C(=O)OCCC1(CCOC=O)CCC(CCC)CC1. The van der Waals surface area contributed by atoms with Gasteiger partial charge in [0.15, 0.2) is 0 Å². The van der Waals surface area contributed by atoms with E-state index in [1.54, 1.807) is 6.92 Å². The molecule has 0 N–H and O–H groups in total. The summed E-state index contributed by atoms with van der Waals surface area (Å²) >= 11 is 0. The van der Waals surface area contributed by atoms with Gasteiger partial charge in [0.2, 0.25) is 0 Å². The van der Waals surface area contributed by atoms with Crippen LogP contribution < -0.4 is 0 Å². The van der Waals surface area contributed by atoms with E-state index >= 15 is 0 Å². The Kier molecular flexibility index (Phi) is 8.21. The molecule has 0 aliphatic heterocycles. The van der Waals surface area contributed by atoms with Gasteiger partial charge in [-0.25, -0.2) is 4.79 Å². The Morgan fingerprint density at radius 3 is 2.45 bits per heavy atom. The lowest BCUT2D eigenvalue weighted by atomic mass is 9.66. The summed E-state index contributed by atoms with van der Waals surface area (Å²) in [5.74, 6) is 0.502. The molecule has 0 radical (unpaired) electrons. The molecule has 126 valence electrons. The Bertz CT molecular complexity index is 367. The normalized spacial score (nSPS) is 24.5. The molecule has 1 aliphatic carbocycles. The van der Waals surface area contributed by atoms with Crippen molar-refractivity contribution >= 4 is 12.4 Å². The molecular formula is C18H30O4. The van der Waals surface area contributed by atoms with Gasteiger partial charge in [0.25, 0.3) is 6.47 Å². The van der Waals surface area contributed by atoms with Crippen LogP contribution in [-0.2, 0) is 19.1 Å². The molecule has 0 aromatic rings. The van der Waals surface area contributed by atoms with Crippen molar-refractivity contribution in [3.63, 3.8) is 0 Å². The highest BCUT2D eigenvalue weighted by molar-refractivity contribution is 5.86. The maximum Gasteiger partial charge on any atom is 0.333 e. The summed E-state index contributed by atoms with van der Waals surface area (Å²) in [6.45, 7) is 8.88. The van der Waals surface area contributed by atoms with Crippen molar-refractivity contribution in [2.24, 2.45) is 11.3 Å².